The Labute approximate surface area is 102 Å². The van der Waals surface area contributed by atoms with Gasteiger partial charge in [0.1, 0.15) is 18.0 Å². The highest BCUT2D eigenvalue weighted by Gasteiger charge is 2.09. The highest BCUT2D eigenvalue weighted by molar-refractivity contribution is 5.90. The number of hydrogen-bond donors (Lipinski definition) is 1. The van der Waals surface area contributed by atoms with E-state index in [4.69, 9.17) is 11.0 Å². The lowest BCUT2D eigenvalue weighted by Gasteiger charge is -2.04. The van der Waals surface area contributed by atoms with Gasteiger partial charge in [0.15, 0.2) is 0 Å². The topological polar surface area (TPSA) is 102 Å². The molecule has 2 N–H and O–H groups in total. The number of nitrogens with zero attached hydrogens (tertiary/aromatic N) is 3. The molecule has 0 fully saturated rings. The summed E-state index contributed by atoms with van der Waals surface area (Å²) >= 11 is 0. The molecule has 1 aromatic carbocycles. The fourth-order valence-electron chi connectivity index (χ4n) is 1.51. The van der Waals surface area contributed by atoms with E-state index >= 15 is 0 Å². The summed E-state index contributed by atoms with van der Waals surface area (Å²) in [4.78, 5) is 21.6. The third kappa shape index (κ3) is 1.97. The van der Waals surface area contributed by atoms with Gasteiger partial charge in [-0.05, 0) is 24.3 Å². The van der Waals surface area contributed by atoms with Crippen molar-refractivity contribution in [2.45, 2.75) is 0 Å². The predicted octanol–water partition coefficient (Wildman–Crippen LogP) is 0.655. The number of amides is 1. The van der Waals surface area contributed by atoms with Crippen LogP contribution in [0.4, 0.5) is 0 Å². The minimum atomic E-state index is -0.642. The predicted molar refractivity (Wildman–Crippen MR) is 62.2 cm³/mol. The van der Waals surface area contributed by atoms with Crippen LogP contribution in [-0.2, 0) is 0 Å². The van der Waals surface area contributed by atoms with Crippen molar-refractivity contribution in [1.82, 2.24) is 9.78 Å². The second kappa shape index (κ2) is 4.51. The zero-order chi connectivity index (χ0) is 13.1. The number of hydrogen-bond acceptors (Lipinski definition) is 4. The molecule has 18 heavy (non-hydrogen) atoms. The van der Waals surface area contributed by atoms with Crippen molar-refractivity contribution in [3.8, 4) is 11.8 Å². The van der Waals surface area contributed by atoms with Crippen molar-refractivity contribution >= 4 is 12.2 Å². The van der Waals surface area contributed by atoms with Crippen LogP contribution in [0.3, 0.4) is 0 Å². The van der Waals surface area contributed by atoms with Gasteiger partial charge < -0.3 is 5.73 Å². The number of benzene rings is 1. The fourth-order valence-corrected chi connectivity index (χ4v) is 1.51. The Bertz CT molecular complexity index is 667. The summed E-state index contributed by atoms with van der Waals surface area (Å²) in [5.74, 6) is -0.642. The Kier molecular flexibility index (Phi) is 2.89. The van der Waals surface area contributed by atoms with Gasteiger partial charge in [-0.3, -0.25) is 9.59 Å². The lowest BCUT2D eigenvalue weighted by molar-refractivity contribution is 0.0994. The van der Waals surface area contributed by atoms with E-state index in [9.17, 15) is 9.59 Å². The molecule has 0 aliphatic carbocycles. The molecule has 0 saturated heterocycles. The Morgan fingerprint density at radius 3 is 2.78 bits per heavy atom. The fraction of sp³-hybridized carbons (Fsp3) is 0. The maximum Gasteiger partial charge on any atom is 0.269 e. The average molecular weight is 240 g/mol. The molecular weight excluding hydrogens is 232 g/mol. The molecule has 0 unspecified atom stereocenters. The molecule has 2 rings (SSSR count). The first-order chi connectivity index (χ1) is 8.65. The number of aromatic nitrogens is 2. The summed E-state index contributed by atoms with van der Waals surface area (Å²) in [6, 6.07) is 8.03. The molecule has 88 valence electrons. The molecule has 0 aliphatic rings. The molecule has 0 bridgehead atoms. The Hall–Kier alpha value is -2.94. The van der Waals surface area contributed by atoms with Crippen molar-refractivity contribution in [2.24, 2.45) is 5.73 Å². The van der Waals surface area contributed by atoms with Crippen LogP contribution in [0.15, 0.2) is 30.5 Å². The monoisotopic (exact) mass is 240 g/mol. The number of primary amides is 1. The molecule has 1 aromatic heterocycles. The maximum atomic E-state index is 10.9. The summed E-state index contributed by atoms with van der Waals surface area (Å²) in [7, 11) is 0. The largest absolute Gasteiger partial charge is 0.364 e. The van der Waals surface area contributed by atoms with E-state index in [1.54, 1.807) is 12.1 Å². The molecular formula is C12H8N4O2. The van der Waals surface area contributed by atoms with Gasteiger partial charge in [-0.2, -0.15) is 10.4 Å². The van der Waals surface area contributed by atoms with Gasteiger partial charge in [0.25, 0.3) is 5.91 Å². The van der Waals surface area contributed by atoms with E-state index < -0.39 is 5.91 Å². The molecule has 0 atom stereocenters. The van der Waals surface area contributed by atoms with Crippen molar-refractivity contribution in [3.63, 3.8) is 0 Å². The summed E-state index contributed by atoms with van der Waals surface area (Å²) in [6.07, 6.45) is 2.18. The molecule has 6 heteroatoms. The Morgan fingerprint density at radius 2 is 2.22 bits per heavy atom. The molecule has 6 nitrogen and oxygen atoms in total. The zero-order valence-electron chi connectivity index (χ0n) is 9.20. The van der Waals surface area contributed by atoms with Crippen LogP contribution >= 0.6 is 0 Å². The molecule has 0 saturated carbocycles. The second-order valence-corrected chi connectivity index (χ2v) is 3.52. The quantitative estimate of drug-likeness (QED) is 0.796. The van der Waals surface area contributed by atoms with Gasteiger partial charge in [-0.25, -0.2) is 4.68 Å². The van der Waals surface area contributed by atoms with Gasteiger partial charge in [0.05, 0.1) is 11.3 Å². The average Bonchev–Trinajstić information content (AvgIpc) is 2.87. The summed E-state index contributed by atoms with van der Waals surface area (Å²) in [5.41, 5.74) is 6.38. The Balaban J connectivity index is 2.53. The van der Waals surface area contributed by atoms with E-state index in [1.807, 2.05) is 6.07 Å². The summed E-state index contributed by atoms with van der Waals surface area (Å²) in [5, 5.41) is 13.0. The van der Waals surface area contributed by atoms with Gasteiger partial charge in [-0.1, -0.05) is 0 Å². The lowest BCUT2D eigenvalue weighted by atomic mass is 10.1. The maximum absolute atomic E-state index is 10.9. The lowest BCUT2D eigenvalue weighted by Crippen LogP contribution is -2.12. The van der Waals surface area contributed by atoms with Crippen LogP contribution in [-0.4, -0.2) is 22.0 Å². The SMILES string of the molecule is N#Cc1cc(C=O)ccc1-n1ccc(C(N)=O)n1. The number of nitriles is 1. The molecule has 1 amide bonds. The summed E-state index contributed by atoms with van der Waals surface area (Å²) < 4.78 is 1.37. The highest BCUT2D eigenvalue weighted by atomic mass is 16.1. The zero-order valence-corrected chi connectivity index (χ0v) is 9.20. The number of nitrogens with two attached hydrogens (primary N) is 1. The first-order valence-corrected chi connectivity index (χ1v) is 5.01. The van der Waals surface area contributed by atoms with E-state index in [-0.39, 0.29) is 5.69 Å². The minimum absolute atomic E-state index is 0.110. The van der Waals surface area contributed by atoms with Crippen LogP contribution in [0.2, 0.25) is 0 Å². The molecule has 0 radical (unpaired) electrons. The van der Waals surface area contributed by atoms with Gasteiger partial charge in [-0.15, -0.1) is 0 Å². The first-order valence-electron chi connectivity index (χ1n) is 5.01. The second-order valence-electron chi connectivity index (χ2n) is 3.52. The normalized spacial score (nSPS) is 9.72. The summed E-state index contributed by atoms with van der Waals surface area (Å²) in [6.45, 7) is 0. The minimum Gasteiger partial charge on any atom is -0.364 e. The van der Waals surface area contributed by atoms with Gasteiger partial charge in [0.2, 0.25) is 0 Å². The van der Waals surface area contributed by atoms with Crippen molar-refractivity contribution < 1.29 is 9.59 Å². The van der Waals surface area contributed by atoms with Crippen LogP contribution < -0.4 is 5.73 Å². The molecule has 1 heterocycles. The van der Waals surface area contributed by atoms with E-state index in [0.29, 0.717) is 23.1 Å². The van der Waals surface area contributed by atoms with Crippen LogP contribution in [0.25, 0.3) is 5.69 Å². The smallest absolute Gasteiger partial charge is 0.269 e. The molecule has 2 aromatic rings. The van der Waals surface area contributed by atoms with Crippen molar-refractivity contribution in [1.29, 1.82) is 5.26 Å². The highest BCUT2D eigenvalue weighted by Crippen LogP contribution is 2.15. The number of carbonyl (C=O) groups excluding carboxylic acids is 2. The van der Waals surface area contributed by atoms with Crippen LogP contribution in [0, 0.1) is 11.3 Å². The molecule has 0 spiro atoms. The number of rotatable bonds is 3. The van der Waals surface area contributed by atoms with Crippen molar-refractivity contribution in [2.75, 3.05) is 0 Å². The third-order valence-electron chi connectivity index (χ3n) is 2.37. The van der Waals surface area contributed by atoms with E-state index in [2.05, 4.69) is 5.10 Å². The number of aldehydes is 1. The first kappa shape index (κ1) is 11.5. The van der Waals surface area contributed by atoms with E-state index in [1.165, 1.54) is 23.0 Å². The van der Waals surface area contributed by atoms with Crippen molar-refractivity contribution in [3.05, 3.63) is 47.3 Å². The van der Waals surface area contributed by atoms with Gasteiger partial charge in [0, 0.05) is 11.8 Å². The third-order valence-corrected chi connectivity index (χ3v) is 2.37. The van der Waals surface area contributed by atoms with Crippen LogP contribution in [0.5, 0.6) is 0 Å². The molecule has 0 aliphatic heterocycles. The van der Waals surface area contributed by atoms with Crippen LogP contribution in [0.1, 0.15) is 26.4 Å². The Morgan fingerprint density at radius 1 is 1.44 bits per heavy atom. The standard InChI is InChI=1S/C12H8N4O2/c13-6-9-5-8(7-17)1-2-11(9)16-4-3-10(15-16)12(14)18/h1-5,7H,(H2,14,18). The van der Waals surface area contributed by atoms with Gasteiger partial charge >= 0.3 is 0 Å². The van der Waals surface area contributed by atoms with E-state index in [0.717, 1.165) is 0 Å². The number of carbonyl (C=O) groups is 2.